The largest absolute Gasteiger partial charge is 0.504 e. The Morgan fingerprint density at radius 3 is 2.40 bits per heavy atom. The van der Waals surface area contributed by atoms with Crippen LogP contribution < -0.4 is 14.5 Å². The molecule has 7 nitrogen and oxygen atoms in total. The molecule has 8 rings (SSSR count). The molecule has 0 spiro atoms. The van der Waals surface area contributed by atoms with Gasteiger partial charge in [-0.2, -0.15) is 30.6 Å². The number of hydrogen-bond donors (Lipinski definition) is 0. The number of para-hydroxylation sites is 4. The Balaban J connectivity index is 0.00000288. The number of pyridine rings is 1. The molecule has 42 heavy (non-hydrogen) atoms. The number of ether oxygens (including phenoxy) is 1. The molecular weight excluding hydrogens is 703 g/mol. The average Bonchev–Trinajstić information content (AvgIpc) is 3.72. The van der Waals surface area contributed by atoms with E-state index in [1.807, 2.05) is 74.6 Å². The van der Waals surface area contributed by atoms with Gasteiger partial charge in [-0.3, -0.25) is 9.55 Å². The van der Waals surface area contributed by atoms with Gasteiger partial charge in [0.25, 0.3) is 0 Å². The van der Waals surface area contributed by atoms with Crippen LogP contribution in [0.2, 0.25) is 0 Å². The quantitative estimate of drug-likeness (QED) is 0.173. The maximum Gasteiger partial charge on any atom is 0.217 e. The maximum absolute atomic E-state index is 6.27. The monoisotopic (exact) mass is 726 g/mol. The molecule has 0 unspecified atom stereocenters. The smallest absolute Gasteiger partial charge is 0.217 e. The van der Waals surface area contributed by atoms with Crippen LogP contribution in [-0.4, -0.2) is 26.1 Å². The van der Waals surface area contributed by atoms with Crippen molar-refractivity contribution < 1.29 is 25.8 Å². The number of aromatic nitrogens is 4. The second-order valence-corrected chi connectivity index (χ2v) is 9.82. The zero-order valence-corrected chi connectivity index (χ0v) is 24.7. The first-order valence-electron chi connectivity index (χ1n) is 13.3. The van der Waals surface area contributed by atoms with E-state index in [9.17, 15) is 0 Å². The van der Waals surface area contributed by atoms with Crippen LogP contribution in [0.4, 0.5) is 17.1 Å². The van der Waals surface area contributed by atoms with E-state index < -0.39 is 0 Å². The summed E-state index contributed by atoms with van der Waals surface area (Å²) in [6.45, 7) is 2.03. The molecule has 208 valence electrons. The van der Waals surface area contributed by atoms with Crippen LogP contribution in [0.1, 0.15) is 0 Å². The van der Waals surface area contributed by atoms with Gasteiger partial charge in [0.2, 0.25) is 5.95 Å². The van der Waals surface area contributed by atoms with E-state index >= 15 is 0 Å². The Morgan fingerprint density at radius 1 is 0.738 bits per heavy atom. The third-order valence-electron chi connectivity index (χ3n) is 7.35. The zero-order valence-electron chi connectivity index (χ0n) is 22.5. The van der Waals surface area contributed by atoms with Crippen LogP contribution in [0.15, 0.2) is 116 Å². The molecule has 0 bridgehead atoms. The number of imidazole rings is 1. The molecule has 4 aromatic carbocycles. The summed E-state index contributed by atoms with van der Waals surface area (Å²) in [7, 11) is 2.03. The van der Waals surface area contributed by atoms with Crippen molar-refractivity contribution in [2.24, 2.45) is 0 Å². The fourth-order valence-corrected chi connectivity index (χ4v) is 5.50. The normalized spacial score (nSPS) is 12.5. The minimum Gasteiger partial charge on any atom is -0.504 e. The summed E-state index contributed by atoms with van der Waals surface area (Å²) in [6, 6.07) is 39.5. The van der Waals surface area contributed by atoms with Crippen molar-refractivity contribution in [3.8, 4) is 23.3 Å². The number of nitrogens with zero attached hydrogens (tertiary/aromatic N) is 6. The molecule has 0 fully saturated rings. The van der Waals surface area contributed by atoms with Crippen LogP contribution in [0, 0.1) is 18.8 Å². The van der Waals surface area contributed by atoms with Crippen LogP contribution in [0.3, 0.4) is 0 Å². The van der Waals surface area contributed by atoms with Crippen molar-refractivity contribution in [2.45, 2.75) is 0 Å². The van der Waals surface area contributed by atoms with Crippen LogP contribution in [0.5, 0.6) is 11.6 Å². The molecule has 8 heteroatoms. The van der Waals surface area contributed by atoms with Gasteiger partial charge in [0.15, 0.2) is 0 Å². The Kier molecular flexibility index (Phi) is 6.52. The predicted molar refractivity (Wildman–Crippen MR) is 161 cm³/mol. The summed E-state index contributed by atoms with van der Waals surface area (Å²) in [5.74, 6) is 1.69. The Labute approximate surface area is 257 Å². The second kappa shape index (κ2) is 10.5. The molecule has 0 atom stereocenters. The minimum absolute atomic E-state index is 0. The second-order valence-electron chi connectivity index (χ2n) is 9.82. The fraction of sp³-hybridized carbons (Fsp3) is 0.0294. The van der Waals surface area contributed by atoms with Crippen LogP contribution in [0.25, 0.3) is 33.4 Å². The maximum atomic E-state index is 6.27. The summed E-state index contributed by atoms with van der Waals surface area (Å²) < 4.78 is 10.5. The van der Waals surface area contributed by atoms with Gasteiger partial charge in [-0.15, -0.1) is 17.5 Å². The zero-order chi connectivity index (χ0) is 27.3. The third-order valence-corrected chi connectivity index (χ3v) is 7.35. The molecule has 0 aliphatic carbocycles. The van der Waals surface area contributed by atoms with E-state index in [1.165, 1.54) is 0 Å². The molecule has 0 N–H and O–H groups in total. The molecule has 0 saturated heterocycles. The first-order chi connectivity index (χ1) is 20.2. The van der Waals surface area contributed by atoms with E-state index in [0.29, 0.717) is 11.6 Å². The summed E-state index contributed by atoms with van der Waals surface area (Å²) in [6.07, 6.45) is 5.53. The molecule has 7 aromatic rings. The average molecular weight is 727 g/mol. The number of rotatable bonds is 5. The summed E-state index contributed by atoms with van der Waals surface area (Å²) in [5.41, 5.74) is 5.98. The van der Waals surface area contributed by atoms with Crippen molar-refractivity contribution in [3.63, 3.8) is 0 Å². The van der Waals surface area contributed by atoms with Gasteiger partial charge in [-0.05, 0) is 49.0 Å². The van der Waals surface area contributed by atoms with Crippen molar-refractivity contribution >= 4 is 38.9 Å². The van der Waals surface area contributed by atoms with E-state index in [1.54, 1.807) is 6.20 Å². The topological polar surface area (TPSA) is 51.4 Å². The van der Waals surface area contributed by atoms with Gasteiger partial charge >= 0.3 is 0 Å². The number of anilines is 3. The van der Waals surface area contributed by atoms with E-state index in [4.69, 9.17) is 9.72 Å². The summed E-state index contributed by atoms with van der Waals surface area (Å²) >= 11 is 0. The van der Waals surface area contributed by atoms with Crippen molar-refractivity contribution in [1.29, 1.82) is 0 Å². The number of fused-ring (bicyclic) bond motifs is 4. The van der Waals surface area contributed by atoms with Gasteiger partial charge < -0.3 is 19.1 Å². The molecule has 1 aliphatic rings. The van der Waals surface area contributed by atoms with Gasteiger partial charge in [0, 0.05) is 61.8 Å². The Bertz CT molecular complexity index is 2050. The Hall–Kier alpha value is -4.87. The van der Waals surface area contributed by atoms with Gasteiger partial charge in [0.1, 0.15) is 5.88 Å². The van der Waals surface area contributed by atoms with E-state index in [2.05, 4.69) is 84.6 Å². The Morgan fingerprint density at radius 2 is 1.52 bits per heavy atom. The minimum atomic E-state index is 0. The van der Waals surface area contributed by atoms with Crippen molar-refractivity contribution in [3.05, 3.63) is 134 Å². The molecule has 0 saturated carbocycles. The summed E-state index contributed by atoms with van der Waals surface area (Å²) in [4.78, 5) is 13.4. The first kappa shape index (κ1) is 26.1. The van der Waals surface area contributed by atoms with Gasteiger partial charge in [0.05, 0.1) is 0 Å². The van der Waals surface area contributed by atoms with Crippen molar-refractivity contribution in [1.82, 2.24) is 19.1 Å². The van der Waals surface area contributed by atoms with E-state index in [-0.39, 0.29) is 21.1 Å². The molecule has 0 amide bonds. The van der Waals surface area contributed by atoms with Crippen LogP contribution in [-0.2, 0) is 21.1 Å². The fourth-order valence-electron chi connectivity index (χ4n) is 5.50. The standard InChI is InChI=1S/C34H23N6O.Pt/c1-37-23-39(31-14-8-7-13-30(31)37)25-17-18-35-33(21-25)41-26-15-16-28-27-11-5-6-12-29(27)40(32(28)22-26)34-36-19-20-38(34)24-9-3-2-4-10-24;/h2-20,23H,1H3;/q-3;. The number of benzene rings is 4. The van der Waals surface area contributed by atoms with Crippen LogP contribution >= 0.6 is 0 Å². The molecule has 0 radical (unpaired) electrons. The number of hydrogen-bond acceptors (Lipinski definition) is 5. The van der Waals surface area contributed by atoms with Gasteiger partial charge in [-0.1, -0.05) is 54.0 Å². The molecule has 4 heterocycles. The van der Waals surface area contributed by atoms with E-state index in [0.717, 1.165) is 50.5 Å². The van der Waals surface area contributed by atoms with Gasteiger partial charge in [-0.25, -0.2) is 4.98 Å². The molecule has 3 aromatic heterocycles. The molecule has 1 aliphatic heterocycles. The first-order valence-corrected chi connectivity index (χ1v) is 13.3. The third kappa shape index (κ3) is 4.25. The summed E-state index contributed by atoms with van der Waals surface area (Å²) in [5, 5.41) is 2.18. The van der Waals surface area contributed by atoms with Crippen molar-refractivity contribution in [2.75, 3.05) is 16.8 Å². The predicted octanol–water partition coefficient (Wildman–Crippen LogP) is 7.46. The molecular formula is C34H23N6OPt-3. The SMILES string of the molecule is CN1[CH-]N(c2[c-]c(Oc3[c-]c4c(cc3)c3ccccc3n4-c3nccn3-c3ccccc3)ncc2)c2ccccc21.[Pt].